The van der Waals surface area contributed by atoms with Crippen LogP contribution in [0.5, 0.6) is 0 Å². The summed E-state index contributed by atoms with van der Waals surface area (Å²) >= 11 is 7.38. The van der Waals surface area contributed by atoms with E-state index in [4.69, 9.17) is 11.6 Å². The molecule has 1 N–H and O–H groups in total. The molecule has 0 fully saturated rings. The third kappa shape index (κ3) is 4.47. The van der Waals surface area contributed by atoms with Gasteiger partial charge in [0.25, 0.3) is 11.8 Å². The van der Waals surface area contributed by atoms with E-state index >= 15 is 0 Å². The van der Waals surface area contributed by atoms with Crippen molar-refractivity contribution < 1.29 is 9.59 Å². The van der Waals surface area contributed by atoms with Gasteiger partial charge in [0, 0.05) is 35.8 Å². The molecular weight excluding hydrogens is 432 g/mol. The molecule has 6 nitrogen and oxygen atoms in total. The molecule has 4 aromatic rings. The first-order valence-corrected chi connectivity index (χ1v) is 10.9. The zero-order chi connectivity index (χ0) is 22.1. The van der Waals surface area contributed by atoms with Crippen molar-refractivity contribution in [3.63, 3.8) is 0 Å². The van der Waals surface area contributed by atoms with E-state index in [1.165, 1.54) is 16.2 Å². The molecule has 0 unspecified atom stereocenters. The van der Waals surface area contributed by atoms with E-state index in [-0.39, 0.29) is 11.8 Å². The van der Waals surface area contributed by atoms with Crippen LogP contribution in [0.2, 0.25) is 5.02 Å². The summed E-state index contributed by atoms with van der Waals surface area (Å²) in [6.07, 6.45) is 0. The summed E-state index contributed by atoms with van der Waals surface area (Å²) < 4.78 is 1.91. The van der Waals surface area contributed by atoms with Gasteiger partial charge in [-0.1, -0.05) is 23.7 Å². The Morgan fingerprint density at radius 3 is 2.42 bits per heavy atom. The molecule has 0 spiro atoms. The van der Waals surface area contributed by atoms with Crippen molar-refractivity contribution >= 4 is 50.7 Å². The number of carbonyl (C=O) groups excluding carboxylic acids is 2. The van der Waals surface area contributed by atoms with Gasteiger partial charge >= 0.3 is 0 Å². The first-order valence-electron chi connectivity index (χ1n) is 9.66. The normalized spacial score (nSPS) is 11.0. The van der Waals surface area contributed by atoms with Crippen LogP contribution in [0, 0.1) is 6.92 Å². The standard InChI is InChI=1S/C23H21ClN4O2S/c1-14-19-12-20(21(29)25-18-10-6-16(7-11-18)22(30)27(2)3)31-23(19)28(26-14)13-15-4-8-17(24)9-5-15/h4-12H,13H2,1-3H3,(H,25,29). The van der Waals surface area contributed by atoms with Crippen LogP contribution in [0.15, 0.2) is 54.6 Å². The topological polar surface area (TPSA) is 67.2 Å². The van der Waals surface area contributed by atoms with Crippen molar-refractivity contribution in [1.29, 1.82) is 0 Å². The van der Waals surface area contributed by atoms with Gasteiger partial charge in [-0.2, -0.15) is 5.10 Å². The lowest BCUT2D eigenvalue weighted by atomic mass is 10.2. The Morgan fingerprint density at radius 1 is 1.10 bits per heavy atom. The first kappa shape index (κ1) is 21.1. The quantitative estimate of drug-likeness (QED) is 0.460. The fourth-order valence-corrected chi connectivity index (χ4v) is 4.42. The predicted molar refractivity (Wildman–Crippen MR) is 125 cm³/mol. The fourth-order valence-electron chi connectivity index (χ4n) is 3.24. The van der Waals surface area contributed by atoms with E-state index in [9.17, 15) is 9.59 Å². The highest BCUT2D eigenvalue weighted by molar-refractivity contribution is 7.20. The third-order valence-electron chi connectivity index (χ3n) is 4.87. The maximum Gasteiger partial charge on any atom is 0.265 e. The molecule has 0 saturated heterocycles. The zero-order valence-corrected chi connectivity index (χ0v) is 18.9. The SMILES string of the molecule is Cc1nn(Cc2ccc(Cl)cc2)c2sc(C(=O)Nc3ccc(C(=O)N(C)C)cc3)cc12. The number of amides is 2. The number of nitrogens with one attached hydrogen (secondary N) is 1. The summed E-state index contributed by atoms with van der Waals surface area (Å²) in [5, 5.41) is 9.18. The Bertz CT molecular complexity index is 1260. The lowest BCUT2D eigenvalue weighted by Gasteiger charge is -2.10. The number of aromatic nitrogens is 2. The van der Waals surface area contributed by atoms with Crippen LogP contribution in [0.4, 0.5) is 5.69 Å². The minimum absolute atomic E-state index is 0.0805. The van der Waals surface area contributed by atoms with Gasteiger partial charge in [0.15, 0.2) is 0 Å². The van der Waals surface area contributed by atoms with Crippen molar-refractivity contribution in [2.24, 2.45) is 0 Å². The van der Waals surface area contributed by atoms with E-state index in [1.807, 2.05) is 41.9 Å². The fraction of sp³-hybridized carbons (Fsp3) is 0.174. The maximum absolute atomic E-state index is 12.8. The van der Waals surface area contributed by atoms with E-state index in [0.717, 1.165) is 21.5 Å². The molecule has 2 aromatic heterocycles. The molecule has 158 valence electrons. The summed E-state index contributed by atoms with van der Waals surface area (Å²) in [5.74, 6) is -0.270. The van der Waals surface area contributed by atoms with Gasteiger partial charge in [0.1, 0.15) is 4.83 Å². The molecule has 2 aromatic carbocycles. The largest absolute Gasteiger partial charge is 0.345 e. The van der Waals surface area contributed by atoms with E-state index in [2.05, 4.69) is 10.4 Å². The number of nitrogens with zero attached hydrogens (tertiary/aromatic N) is 3. The summed E-state index contributed by atoms with van der Waals surface area (Å²) in [6, 6.07) is 16.4. The number of fused-ring (bicyclic) bond motifs is 1. The number of aryl methyl sites for hydroxylation is 1. The molecular formula is C23H21ClN4O2S. The average Bonchev–Trinajstić information content (AvgIpc) is 3.31. The Balaban J connectivity index is 1.53. The maximum atomic E-state index is 12.8. The van der Waals surface area contributed by atoms with Gasteiger partial charge in [0.2, 0.25) is 0 Å². The highest BCUT2D eigenvalue weighted by atomic mass is 35.5. The Labute approximate surface area is 189 Å². The molecule has 31 heavy (non-hydrogen) atoms. The Morgan fingerprint density at radius 2 is 1.77 bits per heavy atom. The van der Waals surface area contributed by atoms with Crippen molar-refractivity contribution in [2.45, 2.75) is 13.5 Å². The van der Waals surface area contributed by atoms with E-state index in [1.54, 1.807) is 38.4 Å². The molecule has 0 atom stereocenters. The number of carbonyl (C=O) groups is 2. The van der Waals surface area contributed by atoms with Gasteiger partial charge in [-0.25, -0.2) is 0 Å². The van der Waals surface area contributed by atoms with E-state index < -0.39 is 0 Å². The van der Waals surface area contributed by atoms with Crippen LogP contribution >= 0.6 is 22.9 Å². The molecule has 2 amide bonds. The minimum atomic E-state index is -0.190. The molecule has 0 saturated carbocycles. The van der Waals surface area contributed by atoms with Crippen molar-refractivity contribution in [2.75, 3.05) is 19.4 Å². The molecule has 4 rings (SSSR count). The van der Waals surface area contributed by atoms with Crippen LogP contribution in [-0.2, 0) is 6.54 Å². The summed E-state index contributed by atoms with van der Waals surface area (Å²) in [4.78, 5) is 27.9. The number of rotatable bonds is 5. The zero-order valence-electron chi connectivity index (χ0n) is 17.3. The van der Waals surface area contributed by atoms with Gasteiger partial charge in [-0.3, -0.25) is 14.3 Å². The predicted octanol–water partition coefficient (Wildman–Crippen LogP) is 5.06. The summed E-state index contributed by atoms with van der Waals surface area (Å²) in [7, 11) is 3.41. The lowest BCUT2D eigenvalue weighted by molar-refractivity contribution is 0.0827. The summed E-state index contributed by atoms with van der Waals surface area (Å²) in [6.45, 7) is 2.54. The second-order valence-corrected chi connectivity index (χ2v) is 8.90. The molecule has 0 bridgehead atoms. The highest BCUT2D eigenvalue weighted by Crippen LogP contribution is 2.29. The molecule has 0 radical (unpaired) electrons. The molecule has 8 heteroatoms. The van der Waals surface area contributed by atoms with Gasteiger partial charge in [-0.05, 0) is 55.0 Å². The number of halogens is 1. The lowest BCUT2D eigenvalue weighted by Crippen LogP contribution is -2.21. The van der Waals surface area contributed by atoms with Crippen LogP contribution in [0.1, 0.15) is 31.3 Å². The number of hydrogen-bond donors (Lipinski definition) is 1. The second kappa shape index (κ2) is 8.53. The molecule has 2 heterocycles. The highest BCUT2D eigenvalue weighted by Gasteiger charge is 2.17. The Hall–Kier alpha value is -3.16. The number of anilines is 1. The molecule has 0 aliphatic rings. The summed E-state index contributed by atoms with van der Waals surface area (Å²) in [5.41, 5.74) is 3.17. The van der Waals surface area contributed by atoms with Gasteiger partial charge in [0.05, 0.1) is 17.1 Å². The van der Waals surface area contributed by atoms with Crippen LogP contribution < -0.4 is 5.32 Å². The molecule has 0 aliphatic carbocycles. The Kier molecular flexibility index (Phi) is 5.80. The number of benzene rings is 2. The van der Waals surface area contributed by atoms with Gasteiger partial charge < -0.3 is 10.2 Å². The first-order chi connectivity index (χ1) is 14.8. The average molecular weight is 453 g/mol. The number of thiophene rings is 1. The van der Waals surface area contributed by atoms with Crippen LogP contribution in [0.3, 0.4) is 0 Å². The third-order valence-corrected chi connectivity index (χ3v) is 6.27. The van der Waals surface area contributed by atoms with Crippen molar-refractivity contribution in [3.05, 3.63) is 81.3 Å². The minimum Gasteiger partial charge on any atom is -0.345 e. The van der Waals surface area contributed by atoms with Crippen LogP contribution in [0.25, 0.3) is 10.2 Å². The smallest absolute Gasteiger partial charge is 0.265 e. The van der Waals surface area contributed by atoms with Crippen molar-refractivity contribution in [1.82, 2.24) is 14.7 Å². The van der Waals surface area contributed by atoms with Crippen molar-refractivity contribution in [3.8, 4) is 0 Å². The monoisotopic (exact) mass is 452 g/mol. The van der Waals surface area contributed by atoms with Crippen LogP contribution in [-0.4, -0.2) is 40.6 Å². The molecule has 0 aliphatic heterocycles. The van der Waals surface area contributed by atoms with E-state index in [0.29, 0.717) is 27.7 Å². The number of hydrogen-bond acceptors (Lipinski definition) is 4. The van der Waals surface area contributed by atoms with Gasteiger partial charge in [-0.15, -0.1) is 11.3 Å². The second-order valence-electron chi connectivity index (χ2n) is 7.43.